The minimum atomic E-state index is -4.47. The number of nitrogens with zero attached hydrogens (tertiary/aromatic N) is 2. The molecule has 2 heterocycles. The molecule has 1 aromatic rings. The molecule has 10 heteroatoms. The largest absolute Gasteiger partial charge is 0.419 e. The summed E-state index contributed by atoms with van der Waals surface area (Å²) in [7, 11) is 1.59. The van der Waals surface area contributed by atoms with Gasteiger partial charge >= 0.3 is 6.18 Å². The van der Waals surface area contributed by atoms with Crippen LogP contribution in [0.15, 0.2) is 12.3 Å². The molecular weight excluding hydrogens is 397 g/mol. The zero-order chi connectivity index (χ0) is 21.1. The van der Waals surface area contributed by atoms with Crippen molar-refractivity contribution >= 4 is 29.2 Å². The topological polar surface area (TPSA) is 66.8 Å². The number of amides is 2. The molecule has 0 saturated carbocycles. The lowest BCUT2D eigenvalue weighted by molar-refractivity contribution is -0.367. The number of carbonyl (C=O) groups excluding carboxylic acids is 2. The molecule has 0 aromatic carbocycles. The van der Waals surface area contributed by atoms with Crippen LogP contribution in [-0.2, 0) is 15.8 Å². The van der Waals surface area contributed by atoms with Gasteiger partial charge in [0.25, 0.3) is 5.82 Å². The highest BCUT2D eigenvalue weighted by Gasteiger charge is 2.36. The normalized spacial score (nSPS) is 15.6. The van der Waals surface area contributed by atoms with Crippen LogP contribution in [0.4, 0.5) is 19.0 Å². The van der Waals surface area contributed by atoms with Crippen molar-refractivity contribution in [3.8, 4) is 0 Å². The standard InChI is InChI=1S/C18H24ClF3N4O2/c1-11(2)24-15(27)10-25(3)17(28)12-4-6-26(7-5-12)16-14(19)8-13(9-23-16)18(20,21)22/h8-9,11-12H,4-7,10H2,1-3H3,(H,24,27)/p+1. The third-order valence-electron chi connectivity index (χ3n) is 4.57. The second kappa shape index (κ2) is 8.98. The summed E-state index contributed by atoms with van der Waals surface area (Å²) in [4.78, 5) is 30.2. The van der Waals surface area contributed by atoms with E-state index in [1.54, 1.807) is 7.05 Å². The Hall–Kier alpha value is -2.03. The van der Waals surface area contributed by atoms with E-state index in [1.807, 2.05) is 18.7 Å². The third kappa shape index (κ3) is 5.73. The highest BCUT2D eigenvalue weighted by Crippen LogP contribution is 2.33. The van der Waals surface area contributed by atoms with Gasteiger partial charge in [-0.15, -0.1) is 0 Å². The molecule has 6 nitrogen and oxygen atoms in total. The zero-order valence-electron chi connectivity index (χ0n) is 16.1. The Morgan fingerprint density at radius 2 is 1.96 bits per heavy atom. The van der Waals surface area contributed by atoms with Crippen molar-refractivity contribution in [2.45, 2.75) is 38.9 Å². The van der Waals surface area contributed by atoms with Gasteiger partial charge in [0, 0.05) is 19.0 Å². The number of piperidine rings is 1. The van der Waals surface area contributed by atoms with Crippen LogP contribution in [0.1, 0.15) is 32.3 Å². The predicted octanol–water partition coefficient (Wildman–Crippen LogP) is 2.37. The molecule has 1 aliphatic rings. The van der Waals surface area contributed by atoms with Gasteiger partial charge in [0.2, 0.25) is 11.8 Å². The van der Waals surface area contributed by atoms with Crippen molar-refractivity contribution in [1.29, 1.82) is 0 Å². The van der Waals surface area contributed by atoms with Crippen LogP contribution >= 0.6 is 11.6 Å². The highest BCUT2D eigenvalue weighted by atomic mass is 35.5. The molecule has 0 spiro atoms. The fourth-order valence-electron chi connectivity index (χ4n) is 3.19. The van der Waals surface area contributed by atoms with Crippen LogP contribution < -0.4 is 15.2 Å². The van der Waals surface area contributed by atoms with Crippen molar-refractivity contribution < 1.29 is 27.7 Å². The molecule has 1 saturated heterocycles. The van der Waals surface area contributed by atoms with E-state index in [1.165, 1.54) is 4.90 Å². The van der Waals surface area contributed by atoms with Crippen molar-refractivity contribution in [2.75, 3.05) is 31.6 Å². The highest BCUT2D eigenvalue weighted by molar-refractivity contribution is 6.32. The number of alkyl halides is 3. The molecule has 156 valence electrons. The van der Waals surface area contributed by atoms with Crippen LogP contribution in [0, 0.1) is 5.92 Å². The molecule has 0 unspecified atom stereocenters. The Kier molecular flexibility index (Phi) is 7.14. The van der Waals surface area contributed by atoms with Crippen molar-refractivity contribution in [1.82, 2.24) is 10.2 Å². The number of rotatable bonds is 5. The first-order chi connectivity index (χ1) is 13.0. The number of hydrogen-bond donors (Lipinski definition) is 1. The summed E-state index contributed by atoms with van der Waals surface area (Å²) in [5, 5.41) is 2.73. The van der Waals surface area contributed by atoms with Crippen molar-refractivity contribution in [2.24, 2.45) is 5.92 Å². The molecule has 2 rings (SSSR count). The molecular formula is C18H25ClF3N4O2+. The van der Waals surface area contributed by atoms with E-state index in [4.69, 9.17) is 11.6 Å². The summed E-state index contributed by atoms with van der Waals surface area (Å²) in [6.45, 7) is 4.64. The molecule has 2 amide bonds. The lowest BCUT2D eigenvalue weighted by Crippen LogP contribution is -2.46. The SMILES string of the molecule is CC(C)NC(=O)CN(C)C(=O)C1CCN(c2[nH+]cc(C(F)(F)F)cc2Cl)CC1. The first-order valence-electron chi connectivity index (χ1n) is 9.06. The third-order valence-corrected chi connectivity index (χ3v) is 4.86. The molecule has 1 fully saturated rings. The van der Waals surface area contributed by atoms with Gasteiger partial charge in [0.05, 0.1) is 25.2 Å². The molecule has 0 aliphatic carbocycles. The predicted molar refractivity (Wildman–Crippen MR) is 98.9 cm³/mol. The number of pyridine rings is 1. The number of aromatic nitrogens is 1. The van der Waals surface area contributed by atoms with E-state index in [0.29, 0.717) is 31.7 Å². The van der Waals surface area contributed by atoms with Crippen LogP contribution in [0.2, 0.25) is 5.02 Å². The zero-order valence-corrected chi connectivity index (χ0v) is 16.8. The summed E-state index contributed by atoms with van der Waals surface area (Å²) >= 11 is 6.02. The number of hydrogen-bond acceptors (Lipinski definition) is 3. The summed E-state index contributed by atoms with van der Waals surface area (Å²) in [6.07, 6.45) is -2.52. The maximum Gasteiger partial charge on any atom is 0.419 e. The van der Waals surface area contributed by atoms with E-state index < -0.39 is 11.7 Å². The average molecular weight is 422 g/mol. The Labute approximate surface area is 167 Å². The smallest absolute Gasteiger partial charge is 0.352 e. The molecule has 28 heavy (non-hydrogen) atoms. The summed E-state index contributed by atoms with van der Waals surface area (Å²) in [6, 6.07) is 0.898. The number of H-pyrrole nitrogens is 1. The summed E-state index contributed by atoms with van der Waals surface area (Å²) in [5.74, 6) is -0.151. The first kappa shape index (κ1) is 22.3. The number of carbonyl (C=O) groups is 2. The van der Waals surface area contributed by atoms with E-state index in [9.17, 15) is 22.8 Å². The van der Waals surface area contributed by atoms with Gasteiger partial charge in [-0.05, 0) is 32.8 Å². The van der Waals surface area contributed by atoms with Crippen LogP contribution in [0.25, 0.3) is 0 Å². The number of halogens is 4. The van der Waals surface area contributed by atoms with Gasteiger partial charge in [0.15, 0.2) is 0 Å². The van der Waals surface area contributed by atoms with Gasteiger partial charge in [0.1, 0.15) is 11.2 Å². The second-order valence-corrected chi connectivity index (χ2v) is 7.67. The molecule has 0 radical (unpaired) electrons. The second-order valence-electron chi connectivity index (χ2n) is 7.26. The Balaban J connectivity index is 1.93. The van der Waals surface area contributed by atoms with Gasteiger partial charge in [-0.1, -0.05) is 11.6 Å². The lowest BCUT2D eigenvalue weighted by Gasteiger charge is -2.30. The van der Waals surface area contributed by atoms with E-state index in [2.05, 4.69) is 10.3 Å². The van der Waals surface area contributed by atoms with Gasteiger partial charge < -0.3 is 10.2 Å². The lowest BCUT2D eigenvalue weighted by atomic mass is 9.95. The molecule has 0 bridgehead atoms. The first-order valence-corrected chi connectivity index (χ1v) is 9.44. The van der Waals surface area contributed by atoms with Crippen molar-refractivity contribution in [3.63, 3.8) is 0 Å². The number of nitrogens with one attached hydrogen (secondary N) is 2. The molecule has 2 N–H and O–H groups in total. The summed E-state index contributed by atoms with van der Waals surface area (Å²) in [5.41, 5.74) is -0.840. The Morgan fingerprint density at radius 1 is 1.36 bits per heavy atom. The average Bonchev–Trinajstić information content (AvgIpc) is 2.59. The maximum atomic E-state index is 12.8. The van der Waals surface area contributed by atoms with Crippen LogP contribution in [0.5, 0.6) is 0 Å². The van der Waals surface area contributed by atoms with Crippen LogP contribution in [0.3, 0.4) is 0 Å². The fourth-order valence-corrected chi connectivity index (χ4v) is 3.48. The van der Waals surface area contributed by atoms with E-state index in [-0.39, 0.29) is 35.3 Å². The molecule has 1 aromatic heterocycles. The Morgan fingerprint density at radius 3 is 2.46 bits per heavy atom. The number of anilines is 1. The molecule has 1 aliphatic heterocycles. The van der Waals surface area contributed by atoms with Crippen molar-refractivity contribution in [3.05, 3.63) is 22.8 Å². The van der Waals surface area contributed by atoms with Gasteiger partial charge in [-0.2, -0.15) is 13.2 Å². The van der Waals surface area contributed by atoms with Crippen LogP contribution in [-0.4, -0.2) is 49.4 Å². The minimum Gasteiger partial charge on any atom is -0.352 e. The Bertz CT molecular complexity index is 719. The number of aromatic amines is 1. The minimum absolute atomic E-state index is 0.00368. The summed E-state index contributed by atoms with van der Waals surface area (Å²) < 4.78 is 38.3. The monoisotopic (exact) mass is 421 g/mol. The molecule has 0 atom stereocenters. The maximum absolute atomic E-state index is 12.8. The fraction of sp³-hybridized carbons (Fsp3) is 0.611. The van der Waals surface area contributed by atoms with Gasteiger partial charge in [-0.3, -0.25) is 14.5 Å². The van der Waals surface area contributed by atoms with E-state index in [0.717, 1.165) is 12.3 Å². The number of likely N-dealkylation sites (N-methyl/N-ethyl adjacent to an activating group) is 1. The van der Waals surface area contributed by atoms with Gasteiger partial charge in [-0.25, -0.2) is 4.98 Å². The quantitative estimate of drug-likeness (QED) is 0.793. The van der Waals surface area contributed by atoms with E-state index >= 15 is 0 Å².